The first kappa shape index (κ1) is 16.2. The summed E-state index contributed by atoms with van der Waals surface area (Å²) in [5.41, 5.74) is 0.617. The van der Waals surface area contributed by atoms with E-state index in [0.717, 1.165) is 17.4 Å². The number of nitrogens with one attached hydrogen (secondary N) is 1. The molecular weight excluding hydrogens is 254 g/mol. The minimum absolute atomic E-state index is 0.205. The molecule has 4 heteroatoms. The molecule has 110 valence electrons. The molecule has 0 spiro atoms. The van der Waals surface area contributed by atoms with Gasteiger partial charge < -0.3 is 14.8 Å². The second-order valence-electron chi connectivity index (χ2n) is 6.21. The first-order chi connectivity index (χ1) is 9.18. The van der Waals surface area contributed by atoms with Gasteiger partial charge in [-0.15, -0.1) is 0 Å². The fourth-order valence-corrected chi connectivity index (χ4v) is 1.98. The van der Waals surface area contributed by atoms with Gasteiger partial charge in [0, 0.05) is 6.54 Å². The van der Waals surface area contributed by atoms with Crippen molar-refractivity contribution < 1.29 is 14.3 Å². The number of aryl methyl sites for hydroxylation is 1. The zero-order valence-corrected chi connectivity index (χ0v) is 12.8. The van der Waals surface area contributed by atoms with Crippen LogP contribution in [0.3, 0.4) is 0 Å². The van der Waals surface area contributed by atoms with Crippen molar-refractivity contribution in [1.29, 1.82) is 0 Å². The second-order valence-corrected chi connectivity index (χ2v) is 6.21. The topological polar surface area (TPSA) is 55.4 Å². The Morgan fingerprint density at radius 1 is 1.25 bits per heavy atom. The lowest BCUT2D eigenvalue weighted by Crippen LogP contribution is -2.42. The van der Waals surface area contributed by atoms with E-state index in [1.54, 1.807) is 27.7 Å². The van der Waals surface area contributed by atoms with E-state index in [1.807, 2.05) is 31.2 Å². The largest absolute Gasteiger partial charge is 0.444 e. The minimum Gasteiger partial charge on any atom is -0.444 e. The highest BCUT2D eigenvalue weighted by molar-refractivity contribution is 5.73. The third kappa shape index (κ3) is 4.37. The molecule has 20 heavy (non-hydrogen) atoms. The molecule has 1 atom stereocenters. The number of alkyl carbamates (subject to hydrolysis) is 1. The van der Waals surface area contributed by atoms with Gasteiger partial charge >= 0.3 is 6.09 Å². The Kier molecular flexibility index (Phi) is 4.93. The molecule has 0 bridgehead atoms. The monoisotopic (exact) mass is 277 g/mol. The number of ether oxygens (including phenoxy) is 1. The van der Waals surface area contributed by atoms with Crippen molar-refractivity contribution >= 4 is 12.4 Å². The molecule has 0 saturated heterocycles. The maximum atomic E-state index is 11.7. The van der Waals surface area contributed by atoms with Gasteiger partial charge in [-0.25, -0.2) is 4.79 Å². The van der Waals surface area contributed by atoms with E-state index in [4.69, 9.17) is 4.74 Å². The van der Waals surface area contributed by atoms with Crippen LogP contribution in [0.4, 0.5) is 4.79 Å². The van der Waals surface area contributed by atoms with Gasteiger partial charge in [0.05, 0.1) is 5.41 Å². The molecule has 0 fully saturated rings. The Balaban J connectivity index is 2.79. The van der Waals surface area contributed by atoms with Gasteiger partial charge in [-0.05, 0) is 45.7 Å². The minimum atomic E-state index is -0.762. The fraction of sp³-hybridized carbons (Fsp3) is 0.500. The molecule has 0 aliphatic carbocycles. The van der Waals surface area contributed by atoms with Crippen molar-refractivity contribution in [1.82, 2.24) is 5.32 Å². The van der Waals surface area contributed by atoms with Crippen LogP contribution in [0, 0.1) is 6.92 Å². The summed E-state index contributed by atoms with van der Waals surface area (Å²) in [5.74, 6) is 0. The lowest BCUT2D eigenvalue weighted by Gasteiger charge is -2.27. The van der Waals surface area contributed by atoms with Crippen molar-refractivity contribution in [2.45, 2.75) is 45.6 Å². The van der Waals surface area contributed by atoms with Crippen molar-refractivity contribution in [3.8, 4) is 0 Å². The number of hydrogen-bond donors (Lipinski definition) is 1. The highest BCUT2D eigenvalue weighted by Gasteiger charge is 2.29. The smallest absolute Gasteiger partial charge is 0.407 e. The van der Waals surface area contributed by atoms with Gasteiger partial charge in [0.25, 0.3) is 0 Å². The maximum absolute atomic E-state index is 11.7. The Morgan fingerprint density at radius 3 is 2.35 bits per heavy atom. The third-order valence-corrected chi connectivity index (χ3v) is 3.02. The summed E-state index contributed by atoms with van der Waals surface area (Å²) in [6.07, 6.45) is 0.353. The summed E-state index contributed by atoms with van der Waals surface area (Å²) in [5, 5.41) is 2.66. The Hall–Kier alpha value is -1.84. The van der Waals surface area contributed by atoms with Gasteiger partial charge in [-0.1, -0.05) is 24.3 Å². The van der Waals surface area contributed by atoms with E-state index in [0.29, 0.717) is 0 Å². The third-order valence-electron chi connectivity index (χ3n) is 3.02. The van der Waals surface area contributed by atoms with Gasteiger partial charge in [0.15, 0.2) is 0 Å². The van der Waals surface area contributed by atoms with E-state index < -0.39 is 17.1 Å². The lowest BCUT2D eigenvalue weighted by atomic mass is 9.81. The first-order valence-electron chi connectivity index (χ1n) is 6.67. The predicted molar refractivity (Wildman–Crippen MR) is 78.8 cm³/mol. The van der Waals surface area contributed by atoms with Crippen LogP contribution in [0.1, 0.15) is 38.8 Å². The number of hydrogen-bond acceptors (Lipinski definition) is 3. The van der Waals surface area contributed by atoms with Crippen LogP contribution in [0.5, 0.6) is 0 Å². The lowest BCUT2D eigenvalue weighted by molar-refractivity contribution is -0.112. The van der Waals surface area contributed by atoms with E-state index in [2.05, 4.69) is 5.32 Å². The summed E-state index contributed by atoms with van der Waals surface area (Å²) < 4.78 is 5.18. The van der Waals surface area contributed by atoms with E-state index in [-0.39, 0.29) is 6.54 Å². The molecule has 1 aromatic rings. The number of carbonyl (C=O) groups excluding carboxylic acids is 2. The van der Waals surface area contributed by atoms with Crippen LogP contribution >= 0.6 is 0 Å². The SMILES string of the molecule is Cc1ccccc1C(C)(C=O)CNC(=O)OC(C)(C)C. The fourth-order valence-electron chi connectivity index (χ4n) is 1.98. The second kappa shape index (κ2) is 6.07. The maximum Gasteiger partial charge on any atom is 0.407 e. The van der Waals surface area contributed by atoms with Crippen LogP contribution in [0.2, 0.25) is 0 Å². The van der Waals surface area contributed by atoms with Crippen molar-refractivity contribution in [2.75, 3.05) is 6.54 Å². The molecule has 0 aliphatic rings. The van der Waals surface area contributed by atoms with E-state index in [9.17, 15) is 9.59 Å². The Labute approximate surface area is 120 Å². The van der Waals surface area contributed by atoms with Crippen LogP contribution in [-0.4, -0.2) is 24.5 Å². The number of carbonyl (C=O) groups is 2. The van der Waals surface area contributed by atoms with Crippen molar-refractivity contribution in [3.63, 3.8) is 0 Å². The van der Waals surface area contributed by atoms with Crippen LogP contribution < -0.4 is 5.32 Å². The summed E-state index contributed by atoms with van der Waals surface area (Å²) in [6.45, 7) is 9.35. The van der Waals surface area contributed by atoms with E-state index in [1.165, 1.54) is 0 Å². The van der Waals surface area contributed by atoms with Gasteiger partial charge in [0.1, 0.15) is 11.9 Å². The normalized spacial score (nSPS) is 14.2. The van der Waals surface area contributed by atoms with Crippen molar-refractivity contribution in [2.24, 2.45) is 0 Å². The molecule has 1 aromatic carbocycles. The molecule has 0 radical (unpaired) electrons. The molecule has 0 heterocycles. The summed E-state index contributed by atoms with van der Waals surface area (Å²) in [7, 11) is 0. The zero-order chi connectivity index (χ0) is 15.4. The number of benzene rings is 1. The summed E-state index contributed by atoms with van der Waals surface area (Å²) in [4.78, 5) is 23.2. The average molecular weight is 277 g/mol. The molecule has 1 rings (SSSR count). The highest BCUT2D eigenvalue weighted by atomic mass is 16.6. The first-order valence-corrected chi connectivity index (χ1v) is 6.67. The average Bonchev–Trinajstić information content (AvgIpc) is 2.34. The quantitative estimate of drug-likeness (QED) is 0.861. The van der Waals surface area contributed by atoms with Gasteiger partial charge in [-0.3, -0.25) is 0 Å². The standard InChI is InChI=1S/C16H23NO3/c1-12-8-6-7-9-13(12)16(5,11-18)10-17-14(19)20-15(2,3)4/h6-9,11H,10H2,1-5H3,(H,17,19). The van der Waals surface area contributed by atoms with Gasteiger partial charge in [0.2, 0.25) is 0 Å². The van der Waals surface area contributed by atoms with Crippen molar-refractivity contribution in [3.05, 3.63) is 35.4 Å². The molecule has 4 nitrogen and oxygen atoms in total. The van der Waals surface area contributed by atoms with Crippen LogP contribution in [-0.2, 0) is 14.9 Å². The highest BCUT2D eigenvalue weighted by Crippen LogP contribution is 2.24. The molecule has 1 amide bonds. The Morgan fingerprint density at radius 2 is 1.85 bits per heavy atom. The zero-order valence-electron chi connectivity index (χ0n) is 12.8. The van der Waals surface area contributed by atoms with Gasteiger partial charge in [-0.2, -0.15) is 0 Å². The molecule has 0 aromatic heterocycles. The summed E-state index contributed by atoms with van der Waals surface area (Å²) in [6, 6.07) is 7.66. The number of aldehydes is 1. The van der Waals surface area contributed by atoms with Crippen LogP contribution in [0.15, 0.2) is 24.3 Å². The Bertz CT molecular complexity index is 491. The summed E-state index contributed by atoms with van der Waals surface area (Å²) >= 11 is 0. The molecule has 1 unspecified atom stereocenters. The molecule has 0 saturated carbocycles. The number of amides is 1. The molecule has 1 N–H and O–H groups in total. The van der Waals surface area contributed by atoms with Crippen LogP contribution in [0.25, 0.3) is 0 Å². The predicted octanol–water partition coefficient (Wildman–Crippen LogP) is 2.98. The molecular formula is C16H23NO3. The van der Waals surface area contributed by atoms with E-state index >= 15 is 0 Å². The number of rotatable bonds is 4. The molecule has 0 aliphatic heterocycles.